The Morgan fingerprint density at radius 2 is 1.70 bits per heavy atom. The molecular formula is C22H23N5O3. The van der Waals surface area contributed by atoms with E-state index in [-0.39, 0.29) is 17.3 Å². The molecule has 2 aromatic heterocycles. The number of rotatable bonds is 5. The summed E-state index contributed by atoms with van der Waals surface area (Å²) in [6.45, 7) is 3.62. The van der Waals surface area contributed by atoms with Gasteiger partial charge in [0.15, 0.2) is 0 Å². The van der Waals surface area contributed by atoms with Crippen LogP contribution in [0.2, 0.25) is 0 Å². The van der Waals surface area contributed by atoms with Gasteiger partial charge in [-0.3, -0.25) is 19.3 Å². The minimum Gasteiger partial charge on any atom is -0.363 e. The predicted molar refractivity (Wildman–Crippen MR) is 112 cm³/mol. The average Bonchev–Trinajstić information content (AvgIpc) is 3.08. The van der Waals surface area contributed by atoms with Crippen molar-refractivity contribution in [3.63, 3.8) is 0 Å². The lowest BCUT2D eigenvalue weighted by molar-refractivity contribution is -0.114. The molecule has 0 unspecified atom stereocenters. The van der Waals surface area contributed by atoms with Crippen LogP contribution in [0.3, 0.4) is 0 Å². The van der Waals surface area contributed by atoms with Gasteiger partial charge in [0, 0.05) is 51.4 Å². The van der Waals surface area contributed by atoms with Crippen molar-refractivity contribution >= 4 is 28.5 Å². The fourth-order valence-corrected chi connectivity index (χ4v) is 3.82. The molecule has 4 rings (SSSR count). The monoisotopic (exact) mass is 405 g/mol. The van der Waals surface area contributed by atoms with Crippen LogP contribution in [0.15, 0.2) is 48.7 Å². The Balaban J connectivity index is 1.49. The number of aryl methyl sites for hydroxylation is 1. The second-order valence-corrected chi connectivity index (χ2v) is 7.47. The predicted octanol–water partition coefficient (Wildman–Crippen LogP) is 1.20. The first-order valence-electron chi connectivity index (χ1n) is 9.80. The first-order valence-corrected chi connectivity index (χ1v) is 9.80. The Hall–Kier alpha value is -3.52. The highest BCUT2D eigenvalue weighted by atomic mass is 16.2. The Bertz CT molecular complexity index is 1110. The molecule has 1 aromatic carbocycles. The third kappa shape index (κ3) is 3.81. The zero-order chi connectivity index (χ0) is 21.3. The molecule has 2 N–H and O–H groups in total. The van der Waals surface area contributed by atoms with Crippen LogP contribution >= 0.6 is 0 Å². The fourth-order valence-electron chi connectivity index (χ4n) is 3.82. The van der Waals surface area contributed by atoms with Gasteiger partial charge in [-0.2, -0.15) is 0 Å². The van der Waals surface area contributed by atoms with Crippen LogP contribution in [0.25, 0.3) is 10.9 Å². The molecule has 8 heteroatoms. The van der Waals surface area contributed by atoms with E-state index in [0.717, 1.165) is 19.6 Å². The van der Waals surface area contributed by atoms with Crippen molar-refractivity contribution in [1.29, 1.82) is 0 Å². The van der Waals surface area contributed by atoms with Gasteiger partial charge in [0.2, 0.25) is 0 Å². The molecule has 1 aliphatic heterocycles. The van der Waals surface area contributed by atoms with Crippen LogP contribution in [0.1, 0.15) is 26.5 Å². The van der Waals surface area contributed by atoms with Crippen LogP contribution in [0.4, 0.5) is 0 Å². The van der Waals surface area contributed by atoms with Crippen molar-refractivity contribution in [3.8, 4) is 0 Å². The second kappa shape index (κ2) is 8.08. The summed E-state index contributed by atoms with van der Waals surface area (Å²) in [4.78, 5) is 45.0. The number of carbonyl (C=O) groups excluding carboxylic acids is 3. The van der Waals surface area contributed by atoms with Gasteiger partial charge in [-0.25, -0.2) is 4.98 Å². The third-order valence-corrected chi connectivity index (χ3v) is 5.40. The number of benzene rings is 1. The Morgan fingerprint density at radius 3 is 2.37 bits per heavy atom. The zero-order valence-electron chi connectivity index (χ0n) is 16.7. The number of ketones is 1. The summed E-state index contributed by atoms with van der Waals surface area (Å²) in [5.41, 5.74) is 7.08. The van der Waals surface area contributed by atoms with Crippen molar-refractivity contribution in [2.45, 2.75) is 6.54 Å². The maximum Gasteiger partial charge on any atom is 0.291 e. The molecule has 3 heterocycles. The molecule has 0 spiro atoms. The number of piperazine rings is 1. The maximum absolute atomic E-state index is 13.0. The number of carbonyl (C=O) groups is 3. The number of fused-ring (bicyclic) bond motifs is 1. The van der Waals surface area contributed by atoms with E-state index in [2.05, 4.69) is 22.0 Å². The molecule has 0 aliphatic carbocycles. The van der Waals surface area contributed by atoms with E-state index >= 15 is 0 Å². The first kappa shape index (κ1) is 19.8. The van der Waals surface area contributed by atoms with Crippen LogP contribution in [0.5, 0.6) is 0 Å². The lowest BCUT2D eigenvalue weighted by Gasteiger charge is -2.34. The number of primary amides is 1. The van der Waals surface area contributed by atoms with Gasteiger partial charge in [-0.05, 0) is 17.7 Å². The molecule has 2 amide bonds. The number of aromatic nitrogens is 2. The average molecular weight is 405 g/mol. The summed E-state index contributed by atoms with van der Waals surface area (Å²) in [6, 6.07) is 13.6. The smallest absolute Gasteiger partial charge is 0.291 e. The van der Waals surface area contributed by atoms with Gasteiger partial charge in [-0.15, -0.1) is 0 Å². The zero-order valence-corrected chi connectivity index (χ0v) is 16.7. The number of pyridine rings is 1. The number of nitrogens with two attached hydrogens (primary N) is 1. The Kier molecular flexibility index (Phi) is 5.33. The minimum atomic E-state index is -1.05. The lowest BCUT2D eigenvalue weighted by atomic mass is 10.1. The van der Waals surface area contributed by atoms with Crippen molar-refractivity contribution in [3.05, 3.63) is 65.6 Å². The molecule has 8 nitrogen and oxygen atoms in total. The van der Waals surface area contributed by atoms with E-state index in [1.165, 1.54) is 10.1 Å². The van der Waals surface area contributed by atoms with E-state index in [1.54, 1.807) is 30.3 Å². The van der Waals surface area contributed by atoms with E-state index in [4.69, 9.17) is 5.73 Å². The minimum absolute atomic E-state index is 0.0971. The summed E-state index contributed by atoms with van der Waals surface area (Å²) >= 11 is 0. The summed E-state index contributed by atoms with van der Waals surface area (Å²) in [7, 11) is 1.64. The summed E-state index contributed by atoms with van der Waals surface area (Å²) in [5, 5.41) is 0.673. The van der Waals surface area contributed by atoms with Crippen LogP contribution in [-0.2, 0) is 18.4 Å². The quantitative estimate of drug-likeness (QED) is 0.508. The van der Waals surface area contributed by atoms with Gasteiger partial charge >= 0.3 is 0 Å². The summed E-state index contributed by atoms with van der Waals surface area (Å²) < 4.78 is 1.52. The largest absolute Gasteiger partial charge is 0.363 e. The molecule has 154 valence electrons. The molecule has 0 radical (unpaired) electrons. The van der Waals surface area contributed by atoms with E-state index in [9.17, 15) is 14.4 Å². The van der Waals surface area contributed by atoms with Crippen molar-refractivity contribution < 1.29 is 14.4 Å². The highest BCUT2D eigenvalue weighted by Crippen LogP contribution is 2.21. The summed E-state index contributed by atoms with van der Waals surface area (Å²) in [5.74, 6) is -2.05. The molecule has 0 saturated carbocycles. The van der Waals surface area contributed by atoms with Crippen LogP contribution in [0, 0.1) is 0 Å². The van der Waals surface area contributed by atoms with Gasteiger partial charge in [0.1, 0.15) is 16.9 Å². The summed E-state index contributed by atoms with van der Waals surface area (Å²) in [6.07, 6.45) is 1.69. The van der Waals surface area contributed by atoms with Crippen molar-refractivity contribution in [1.82, 2.24) is 19.4 Å². The number of nitrogens with zero attached hydrogens (tertiary/aromatic N) is 4. The standard InChI is InChI=1S/C22H23N5O3/c1-25-14-16-7-8-17(24-18(16)19(25)20(28)21(23)29)22(30)27-11-9-26(10-12-27)13-15-5-3-2-4-6-15/h2-8,14H,9-13H2,1H3,(H2,23,29). The Labute approximate surface area is 173 Å². The Morgan fingerprint density at radius 1 is 1.00 bits per heavy atom. The van der Waals surface area contributed by atoms with E-state index < -0.39 is 11.7 Å². The van der Waals surface area contributed by atoms with Gasteiger partial charge < -0.3 is 15.2 Å². The molecule has 0 bridgehead atoms. The maximum atomic E-state index is 13.0. The highest BCUT2D eigenvalue weighted by Gasteiger charge is 2.25. The van der Waals surface area contributed by atoms with E-state index in [0.29, 0.717) is 24.0 Å². The molecule has 3 aromatic rings. The highest BCUT2D eigenvalue weighted by molar-refractivity contribution is 6.43. The molecular weight excluding hydrogens is 382 g/mol. The first-order chi connectivity index (χ1) is 14.4. The lowest BCUT2D eigenvalue weighted by Crippen LogP contribution is -2.48. The van der Waals surface area contributed by atoms with Crippen molar-refractivity contribution in [2.24, 2.45) is 12.8 Å². The van der Waals surface area contributed by atoms with Gasteiger partial charge in [0.25, 0.3) is 17.6 Å². The number of amides is 2. The second-order valence-electron chi connectivity index (χ2n) is 7.47. The number of Topliss-reactive ketones (excluding diaryl/α,β-unsaturated/α-hetero) is 1. The molecule has 1 saturated heterocycles. The molecule has 1 fully saturated rings. The molecule has 30 heavy (non-hydrogen) atoms. The van der Waals surface area contributed by atoms with Crippen molar-refractivity contribution in [2.75, 3.05) is 26.2 Å². The normalized spacial score (nSPS) is 14.8. The SMILES string of the molecule is Cn1cc2ccc(C(=O)N3CCN(Cc4ccccc4)CC3)nc2c1C(=O)C(N)=O. The third-order valence-electron chi connectivity index (χ3n) is 5.40. The van der Waals surface area contributed by atoms with Crippen LogP contribution < -0.4 is 5.73 Å². The number of hydrogen-bond acceptors (Lipinski definition) is 5. The van der Waals surface area contributed by atoms with Gasteiger partial charge in [0.05, 0.1) is 0 Å². The molecule has 1 aliphatic rings. The molecule has 0 atom stereocenters. The topological polar surface area (TPSA) is 102 Å². The van der Waals surface area contributed by atoms with E-state index in [1.807, 2.05) is 18.2 Å². The number of hydrogen-bond donors (Lipinski definition) is 1. The van der Waals surface area contributed by atoms with Crippen LogP contribution in [-0.4, -0.2) is 63.1 Å². The van der Waals surface area contributed by atoms with Gasteiger partial charge in [-0.1, -0.05) is 30.3 Å². The fraction of sp³-hybridized carbons (Fsp3) is 0.273.